The van der Waals surface area contributed by atoms with Crippen molar-refractivity contribution in [1.82, 2.24) is 4.90 Å². The maximum absolute atomic E-state index is 12.9. The van der Waals surface area contributed by atoms with Crippen LogP contribution in [-0.4, -0.2) is 28.2 Å². The highest BCUT2D eigenvalue weighted by molar-refractivity contribution is 7.10. The van der Waals surface area contributed by atoms with Gasteiger partial charge in [-0.05, 0) is 29.9 Å². The van der Waals surface area contributed by atoms with Crippen LogP contribution in [0.25, 0.3) is 0 Å². The Labute approximate surface area is 157 Å². The van der Waals surface area contributed by atoms with Crippen LogP contribution < -0.4 is 0 Å². The van der Waals surface area contributed by atoms with Crippen molar-refractivity contribution in [1.29, 1.82) is 0 Å². The molecule has 2 heterocycles. The van der Waals surface area contributed by atoms with Crippen molar-refractivity contribution in [3.8, 4) is 0 Å². The predicted octanol–water partition coefficient (Wildman–Crippen LogP) is 4.45. The van der Waals surface area contributed by atoms with Gasteiger partial charge in [-0.1, -0.05) is 49.7 Å². The first-order chi connectivity index (χ1) is 12.6. The van der Waals surface area contributed by atoms with E-state index in [0.29, 0.717) is 13.0 Å². The lowest BCUT2D eigenvalue weighted by Gasteiger charge is -2.25. The second-order valence-corrected chi connectivity index (χ2v) is 7.42. The standard InChI is InChI=1S/C21H23NO3S/c1-2-3-13-22-19(17-10-7-14-26-17)18(20(24)21(22)25)16(23)12-11-15-8-5-4-6-9-15/h4-10,14,19,24H,2-3,11-13H2,1H3. The molecular weight excluding hydrogens is 346 g/mol. The molecule has 1 atom stereocenters. The summed E-state index contributed by atoms with van der Waals surface area (Å²) in [5.41, 5.74) is 1.32. The van der Waals surface area contributed by atoms with Crippen molar-refractivity contribution in [3.63, 3.8) is 0 Å². The van der Waals surface area contributed by atoms with Gasteiger partial charge in [0.25, 0.3) is 5.91 Å². The number of hydrogen-bond acceptors (Lipinski definition) is 4. The van der Waals surface area contributed by atoms with E-state index in [1.54, 1.807) is 4.90 Å². The molecule has 136 valence electrons. The summed E-state index contributed by atoms with van der Waals surface area (Å²) in [6.07, 6.45) is 2.66. The molecule has 1 aromatic heterocycles. The van der Waals surface area contributed by atoms with Crippen LogP contribution in [0.2, 0.25) is 0 Å². The smallest absolute Gasteiger partial charge is 0.290 e. The minimum atomic E-state index is -0.461. The fraction of sp³-hybridized carbons (Fsp3) is 0.333. The van der Waals surface area contributed by atoms with E-state index in [1.165, 1.54) is 11.3 Å². The number of carbonyl (C=O) groups excluding carboxylic acids is 2. The first-order valence-electron chi connectivity index (χ1n) is 8.98. The average molecular weight is 369 g/mol. The topological polar surface area (TPSA) is 57.6 Å². The number of Topliss-reactive ketones (excluding diaryl/α,β-unsaturated/α-hetero) is 1. The normalized spacial score (nSPS) is 17.2. The summed E-state index contributed by atoms with van der Waals surface area (Å²) in [6, 6.07) is 13.1. The van der Waals surface area contributed by atoms with E-state index in [9.17, 15) is 14.7 Å². The number of nitrogens with zero attached hydrogens (tertiary/aromatic N) is 1. The molecule has 1 aliphatic heterocycles. The van der Waals surface area contributed by atoms with E-state index in [1.807, 2.05) is 47.8 Å². The number of aliphatic hydroxyl groups excluding tert-OH is 1. The molecule has 4 nitrogen and oxygen atoms in total. The second kappa shape index (κ2) is 8.32. The van der Waals surface area contributed by atoms with Crippen LogP contribution in [0.15, 0.2) is 59.2 Å². The molecule has 2 aromatic rings. The fourth-order valence-corrected chi connectivity index (χ4v) is 4.12. The number of carbonyl (C=O) groups is 2. The predicted molar refractivity (Wildman–Crippen MR) is 103 cm³/mol. The number of thiophene rings is 1. The summed E-state index contributed by atoms with van der Waals surface area (Å²) in [5.74, 6) is -0.963. The van der Waals surface area contributed by atoms with Gasteiger partial charge in [-0.2, -0.15) is 0 Å². The summed E-state index contributed by atoms with van der Waals surface area (Å²) in [7, 11) is 0. The number of amides is 1. The molecule has 0 radical (unpaired) electrons. The van der Waals surface area contributed by atoms with Crippen LogP contribution in [0.1, 0.15) is 42.7 Å². The van der Waals surface area contributed by atoms with E-state index in [0.717, 1.165) is 23.3 Å². The Kier molecular flexibility index (Phi) is 5.89. The van der Waals surface area contributed by atoms with Crippen LogP contribution in [0.5, 0.6) is 0 Å². The Balaban J connectivity index is 1.84. The van der Waals surface area contributed by atoms with Gasteiger partial charge in [-0.15, -0.1) is 11.3 Å². The molecule has 0 aliphatic carbocycles. The van der Waals surface area contributed by atoms with Gasteiger partial charge in [0, 0.05) is 17.8 Å². The molecule has 5 heteroatoms. The Morgan fingerprint density at radius 2 is 1.96 bits per heavy atom. The number of rotatable bonds is 8. The molecule has 0 saturated heterocycles. The van der Waals surface area contributed by atoms with E-state index in [4.69, 9.17) is 0 Å². The molecule has 1 N–H and O–H groups in total. The number of hydrogen-bond donors (Lipinski definition) is 1. The molecule has 0 fully saturated rings. The van der Waals surface area contributed by atoms with Crippen LogP contribution in [0, 0.1) is 0 Å². The number of unbranched alkanes of at least 4 members (excludes halogenated alkanes) is 1. The quantitative estimate of drug-likeness (QED) is 0.748. The Morgan fingerprint density at radius 3 is 2.62 bits per heavy atom. The van der Waals surface area contributed by atoms with Crippen LogP contribution >= 0.6 is 11.3 Å². The average Bonchev–Trinajstić information content (AvgIpc) is 3.27. The van der Waals surface area contributed by atoms with Gasteiger partial charge >= 0.3 is 0 Å². The third-order valence-corrected chi connectivity index (χ3v) is 5.58. The molecule has 3 rings (SSSR count). The van der Waals surface area contributed by atoms with Gasteiger partial charge in [0.1, 0.15) is 0 Å². The summed E-state index contributed by atoms with van der Waals surface area (Å²) in [4.78, 5) is 28.0. The van der Waals surface area contributed by atoms with Crippen LogP contribution in [-0.2, 0) is 16.0 Å². The van der Waals surface area contributed by atoms with Crippen molar-refractivity contribution in [2.24, 2.45) is 0 Å². The molecule has 26 heavy (non-hydrogen) atoms. The second-order valence-electron chi connectivity index (χ2n) is 6.44. The SMILES string of the molecule is CCCCN1C(=O)C(O)=C(C(=O)CCc2ccccc2)C1c1cccs1. The molecule has 0 bridgehead atoms. The third kappa shape index (κ3) is 3.73. The van der Waals surface area contributed by atoms with Crippen molar-refractivity contribution < 1.29 is 14.7 Å². The molecule has 1 aromatic carbocycles. The van der Waals surface area contributed by atoms with Crippen LogP contribution in [0.4, 0.5) is 0 Å². The van der Waals surface area contributed by atoms with Crippen LogP contribution in [0.3, 0.4) is 0 Å². The lowest BCUT2D eigenvalue weighted by atomic mass is 9.97. The van der Waals surface area contributed by atoms with Crippen molar-refractivity contribution in [2.75, 3.05) is 6.54 Å². The van der Waals surface area contributed by atoms with E-state index < -0.39 is 11.9 Å². The lowest BCUT2D eigenvalue weighted by Crippen LogP contribution is -2.31. The lowest BCUT2D eigenvalue weighted by molar-refractivity contribution is -0.129. The summed E-state index contributed by atoms with van der Waals surface area (Å²) in [5, 5.41) is 12.4. The number of benzene rings is 1. The van der Waals surface area contributed by atoms with Crippen molar-refractivity contribution in [3.05, 3.63) is 69.6 Å². The maximum Gasteiger partial charge on any atom is 0.290 e. The fourth-order valence-electron chi connectivity index (χ4n) is 3.28. The molecule has 1 aliphatic rings. The molecule has 0 saturated carbocycles. The van der Waals surface area contributed by atoms with E-state index in [2.05, 4.69) is 6.92 Å². The van der Waals surface area contributed by atoms with Gasteiger partial charge in [0.05, 0.1) is 11.6 Å². The number of aryl methyl sites for hydroxylation is 1. The molecular formula is C21H23NO3S. The van der Waals surface area contributed by atoms with Gasteiger partial charge in [0.15, 0.2) is 11.5 Å². The van der Waals surface area contributed by atoms with Gasteiger partial charge in [-0.3, -0.25) is 9.59 Å². The Bertz CT molecular complexity index is 796. The monoisotopic (exact) mass is 369 g/mol. The summed E-state index contributed by atoms with van der Waals surface area (Å²) in [6.45, 7) is 2.59. The highest BCUT2D eigenvalue weighted by atomic mass is 32.1. The van der Waals surface area contributed by atoms with Gasteiger partial charge in [-0.25, -0.2) is 0 Å². The van der Waals surface area contributed by atoms with Crippen molar-refractivity contribution >= 4 is 23.0 Å². The van der Waals surface area contributed by atoms with E-state index in [-0.39, 0.29) is 23.5 Å². The summed E-state index contributed by atoms with van der Waals surface area (Å²) >= 11 is 1.51. The highest BCUT2D eigenvalue weighted by Crippen LogP contribution is 2.40. The molecule has 0 spiro atoms. The minimum Gasteiger partial charge on any atom is -0.503 e. The first-order valence-corrected chi connectivity index (χ1v) is 9.86. The molecule has 1 amide bonds. The Hall–Kier alpha value is -2.40. The van der Waals surface area contributed by atoms with Crippen molar-refractivity contribution in [2.45, 2.75) is 38.6 Å². The number of aliphatic hydroxyl groups is 1. The molecule has 1 unspecified atom stereocenters. The zero-order valence-corrected chi connectivity index (χ0v) is 15.7. The third-order valence-electron chi connectivity index (χ3n) is 4.65. The zero-order chi connectivity index (χ0) is 18.5. The first kappa shape index (κ1) is 18.4. The van der Waals surface area contributed by atoms with Gasteiger partial charge in [0.2, 0.25) is 0 Å². The highest BCUT2D eigenvalue weighted by Gasteiger charge is 2.43. The Morgan fingerprint density at radius 1 is 1.19 bits per heavy atom. The largest absolute Gasteiger partial charge is 0.503 e. The minimum absolute atomic E-state index is 0.155. The van der Waals surface area contributed by atoms with Gasteiger partial charge < -0.3 is 10.0 Å². The summed E-state index contributed by atoms with van der Waals surface area (Å²) < 4.78 is 0. The number of ketones is 1. The van der Waals surface area contributed by atoms with E-state index >= 15 is 0 Å². The zero-order valence-electron chi connectivity index (χ0n) is 14.9. The maximum atomic E-state index is 12.9.